The molecular formula is C21H22N2O3. The fourth-order valence-corrected chi connectivity index (χ4v) is 2.68. The molecule has 0 aliphatic rings. The molecule has 0 saturated heterocycles. The summed E-state index contributed by atoms with van der Waals surface area (Å²) in [5.41, 5.74) is 2.50. The van der Waals surface area contributed by atoms with Crippen LogP contribution in [0.3, 0.4) is 0 Å². The number of nitrogens with zero attached hydrogens (tertiary/aromatic N) is 1. The van der Waals surface area contributed by atoms with Gasteiger partial charge in [0.25, 0.3) is 5.91 Å². The maximum Gasteiger partial charge on any atom is 0.255 e. The zero-order valence-corrected chi connectivity index (χ0v) is 14.9. The summed E-state index contributed by atoms with van der Waals surface area (Å²) in [4.78, 5) is 14.5. The highest BCUT2D eigenvalue weighted by atomic mass is 16.5. The first-order valence-electron chi connectivity index (χ1n) is 8.39. The highest BCUT2D eigenvalue weighted by molar-refractivity contribution is 6.04. The Morgan fingerprint density at radius 1 is 1.04 bits per heavy atom. The van der Waals surface area contributed by atoms with Crippen LogP contribution in [0.15, 0.2) is 71.3 Å². The van der Waals surface area contributed by atoms with Crippen molar-refractivity contribution in [3.05, 3.63) is 83.8 Å². The molecule has 1 amide bonds. The van der Waals surface area contributed by atoms with Crippen LogP contribution in [0.25, 0.3) is 0 Å². The summed E-state index contributed by atoms with van der Waals surface area (Å²) in [6.07, 6.45) is 1.68. The second kappa shape index (κ2) is 8.36. The normalized spacial score (nSPS) is 10.7. The molecule has 3 aromatic rings. The van der Waals surface area contributed by atoms with Crippen molar-refractivity contribution in [1.82, 2.24) is 4.90 Å². The number of amides is 1. The number of benzene rings is 2. The Morgan fingerprint density at radius 2 is 1.77 bits per heavy atom. The van der Waals surface area contributed by atoms with Gasteiger partial charge in [-0.25, -0.2) is 0 Å². The average Bonchev–Trinajstić information content (AvgIpc) is 3.15. The van der Waals surface area contributed by atoms with Crippen LogP contribution in [0.5, 0.6) is 5.75 Å². The van der Waals surface area contributed by atoms with Crippen molar-refractivity contribution in [3.63, 3.8) is 0 Å². The molecule has 1 heterocycles. The Balaban J connectivity index is 1.56. The molecule has 0 aliphatic carbocycles. The lowest BCUT2D eigenvalue weighted by atomic mass is 10.1. The number of carbonyl (C=O) groups excluding carboxylic acids is 1. The number of rotatable bonds is 7. The number of hydrogen-bond acceptors (Lipinski definition) is 4. The largest absolute Gasteiger partial charge is 0.497 e. The van der Waals surface area contributed by atoms with Gasteiger partial charge < -0.3 is 14.5 Å². The Labute approximate surface area is 153 Å². The maximum atomic E-state index is 12.3. The number of methoxy groups -OCH3 is 1. The van der Waals surface area contributed by atoms with Gasteiger partial charge in [0, 0.05) is 17.8 Å². The van der Waals surface area contributed by atoms with Crippen molar-refractivity contribution in [1.29, 1.82) is 0 Å². The summed E-state index contributed by atoms with van der Waals surface area (Å²) < 4.78 is 10.5. The van der Waals surface area contributed by atoms with E-state index in [0.717, 1.165) is 35.9 Å². The van der Waals surface area contributed by atoms with Gasteiger partial charge in [0.1, 0.15) is 11.5 Å². The van der Waals surface area contributed by atoms with E-state index >= 15 is 0 Å². The summed E-state index contributed by atoms with van der Waals surface area (Å²) >= 11 is 0. The first kappa shape index (κ1) is 17.8. The average molecular weight is 350 g/mol. The summed E-state index contributed by atoms with van der Waals surface area (Å²) in [6.45, 7) is 1.52. The molecule has 1 N–H and O–H groups in total. The van der Waals surface area contributed by atoms with E-state index in [1.54, 1.807) is 13.4 Å². The third-order valence-electron chi connectivity index (χ3n) is 4.02. The molecule has 0 unspecified atom stereocenters. The highest BCUT2D eigenvalue weighted by Gasteiger charge is 2.08. The van der Waals surface area contributed by atoms with Gasteiger partial charge in [0.15, 0.2) is 0 Å². The van der Waals surface area contributed by atoms with Crippen LogP contribution in [-0.4, -0.2) is 25.0 Å². The molecule has 0 atom stereocenters. The maximum absolute atomic E-state index is 12.3. The van der Waals surface area contributed by atoms with E-state index < -0.39 is 0 Å². The molecule has 0 spiro atoms. The van der Waals surface area contributed by atoms with Crippen LogP contribution < -0.4 is 10.1 Å². The predicted molar refractivity (Wildman–Crippen MR) is 101 cm³/mol. The fourth-order valence-electron chi connectivity index (χ4n) is 2.68. The SMILES string of the molecule is COc1ccc(NC(=O)c2ccc(CN(C)Cc3ccco3)cc2)cc1. The molecular weight excluding hydrogens is 328 g/mol. The number of anilines is 1. The lowest BCUT2D eigenvalue weighted by Gasteiger charge is -2.15. The minimum atomic E-state index is -0.134. The molecule has 134 valence electrons. The number of hydrogen-bond donors (Lipinski definition) is 1. The van der Waals surface area contributed by atoms with E-state index in [-0.39, 0.29) is 5.91 Å². The number of carbonyl (C=O) groups is 1. The van der Waals surface area contributed by atoms with Crippen molar-refractivity contribution in [3.8, 4) is 5.75 Å². The highest BCUT2D eigenvalue weighted by Crippen LogP contribution is 2.16. The minimum Gasteiger partial charge on any atom is -0.497 e. The Hall–Kier alpha value is -3.05. The van der Waals surface area contributed by atoms with Gasteiger partial charge in [-0.05, 0) is 61.1 Å². The van der Waals surface area contributed by atoms with E-state index in [9.17, 15) is 4.79 Å². The molecule has 5 nitrogen and oxygen atoms in total. The van der Waals surface area contributed by atoms with Crippen LogP contribution in [0.4, 0.5) is 5.69 Å². The molecule has 3 rings (SSSR count). The standard InChI is InChI=1S/C21H22N2O3/c1-23(15-20-4-3-13-26-20)14-16-5-7-17(8-6-16)21(24)22-18-9-11-19(25-2)12-10-18/h3-13H,14-15H2,1-2H3,(H,22,24). The van der Waals surface area contributed by atoms with E-state index in [4.69, 9.17) is 9.15 Å². The van der Waals surface area contributed by atoms with Gasteiger partial charge in [-0.3, -0.25) is 9.69 Å². The van der Waals surface area contributed by atoms with Crippen LogP contribution in [0, 0.1) is 0 Å². The molecule has 1 aromatic heterocycles. The molecule has 0 fully saturated rings. The van der Waals surface area contributed by atoms with Gasteiger partial charge >= 0.3 is 0 Å². The molecule has 2 aromatic carbocycles. The minimum absolute atomic E-state index is 0.134. The lowest BCUT2D eigenvalue weighted by molar-refractivity contribution is 0.102. The van der Waals surface area contributed by atoms with Crippen molar-refractivity contribution >= 4 is 11.6 Å². The van der Waals surface area contributed by atoms with E-state index in [1.165, 1.54) is 0 Å². The van der Waals surface area contributed by atoms with Crippen molar-refractivity contribution in [2.45, 2.75) is 13.1 Å². The number of nitrogens with one attached hydrogen (secondary N) is 1. The summed E-state index contributed by atoms with van der Waals surface area (Å²) in [5.74, 6) is 1.56. The predicted octanol–water partition coefficient (Wildman–Crippen LogP) is 4.17. The van der Waals surface area contributed by atoms with Crippen molar-refractivity contribution in [2.75, 3.05) is 19.5 Å². The molecule has 0 saturated carbocycles. The molecule has 0 radical (unpaired) electrons. The zero-order valence-electron chi connectivity index (χ0n) is 14.9. The van der Waals surface area contributed by atoms with Crippen molar-refractivity contribution < 1.29 is 13.9 Å². The van der Waals surface area contributed by atoms with E-state index in [2.05, 4.69) is 10.2 Å². The van der Waals surface area contributed by atoms with Gasteiger partial charge in [-0.15, -0.1) is 0 Å². The first-order valence-corrected chi connectivity index (χ1v) is 8.39. The Kier molecular flexibility index (Phi) is 5.71. The van der Waals surface area contributed by atoms with Crippen LogP contribution in [0.2, 0.25) is 0 Å². The van der Waals surface area contributed by atoms with Gasteiger partial charge in [0.2, 0.25) is 0 Å². The molecule has 0 bridgehead atoms. The summed E-state index contributed by atoms with van der Waals surface area (Å²) in [5, 5.41) is 2.88. The summed E-state index contributed by atoms with van der Waals surface area (Å²) in [6, 6.07) is 18.7. The van der Waals surface area contributed by atoms with Crippen LogP contribution in [0.1, 0.15) is 21.7 Å². The first-order chi connectivity index (χ1) is 12.6. The number of furan rings is 1. The third-order valence-corrected chi connectivity index (χ3v) is 4.02. The number of ether oxygens (including phenoxy) is 1. The van der Waals surface area contributed by atoms with E-state index in [0.29, 0.717) is 5.56 Å². The molecule has 0 aliphatic heterocycles. The Morgan fingerprint density at radius 3 is 2.38 bits per heavy atom. The Bertz CT molecular complexity index is 825. The van der Waals surface area contributed by atoms with Gasteiger partial charge in [-0.1, -0.05) is 12.1 Å². The molecule has 26 heavy (non-hydrogen) atoms. The van der Waals surface area contributed by atoms with E-state index in [1.807, 2.05) is 67.7 Å². The molecule has 5 heteroatoms. The van der Waals surface area contributed by atoms with Crippen LogP contribution in [-0.2, 0) is 13.1 Å². The second-order valence-corrected chi connectivity index (χ2v) is 6.13. The quantitative estimate of drug-likeness (QED) is 0.695. The van der Waals surface area contributed by atoms with Crippen LogP contribution >= 0.6 is 0 Å². The smallest absolute Gasteiger partial charge is 0.255 e. The van der Waals surface area contributed by atoms with Gasteiger partial charge in [0.05, 0.1) is 19.9 Å². The fraction of sp³-hybridized carbons (Fsp3) is 0.190. The second-order valence-electron chi connectivity index (χ2n) is 6.13. The summed E-state index contributed by atoms with van der Waals surface area (Å²) in [7, 11) is 3.65. The monoisotopic (exact) mass is 350 g/mol. The topological polar surface area (TPSA) is 54.7 Å². The lowest BCUT2D eigenvalue weighted by Crippen LogP contribution is -2.17. The zero-order chi connectivity index (χ0) is 18.4. The van der Waals surface area contributed by atoms with Gasteiger partial charge in [-0.2, -0.15) is 0 Å². The van der Waals surface area contributed by atoms with Crippen molar-refractivity contribution in [2.24, 2.45) is 0 Å². The third kappa shape index (κ3) is 4.74.